The monoisotopic (exact) mass is 253 g/mol. The molecule has 0 bridgehead atoms. The highest BCUT2D eigenvalue weighted by Gasteiger charge is 2.29. The third-order valence-corrected chi connectivity index (χ3v) is 3.80. The Labute approximate surface area is 108 Å². The Morgan fingerprint density at radius 3 is 2.59 bits per heavy atom. The van der Waals surface area contributed by atoms with E-state index in [9.17, 15) is 0 Å². The summed E-state index contributed by atoms with van der Waals surface area (Å²) in [5, 5.41) is 13.2. The lowest BCUT2D eigenvalue weighted by molar-refractivity contribution is 0.213. The van der Waals surface area contributed by atoms with Gasteiger partial charge in [0.05, 0.1) is 0 Å². The molecule has 0 aromatic heterocycles. The van der Waals surface area contributed by atoms with Crippen LogP contribution in [0.1, 0.15) is 31.2 Å². The molecule has 1 unspecified atom stereocenters. The fraction of sp³-hybridized carbons (Fsp3) is 0.571. The maximum absolute atomic E-state index is 8.94. The van der Waals surface area contributed by atoms with E-state index in [4.69, 9.17) is 16.7 Å². The van der Waals surface area contributed by atoms with Gasteiger partial charge in [-0.2, -0.15) is 0 Å². The molecule has 2 nitrogen and oxygen atoms in total. The zero-order chi connectivity index (χ0) is 12.3. The first-order chi connectivity index (χ1) is 8.19. The lowest BCUT2D eigenvalue weighted by atomic mass is 9.76. The van der Waals surface area contributed by atoms with Gasteiger partial charge in [0.1, 0.15) is 0 Å². The Bertz CT molecular complexity index is 346. The van der Waals surface area contributed by atoms with Gasteiger partial charge < -0.3 is 10.4 Å². The van der Waals surface area contributed by atoms with Crippen molar-refractivity contribution in [3.05, 3.63) is 34.9 Å². The van der Waals surface area contributed by atoms with Crippen LogP contribution in [0.2, 0.25) is 5.02 Å². The predicted octanol–water partition coefficient (Wildman–Crippen LogP) is 2.80. The van der Waals surface area contributed by atoms with E-state index >= 15 is 0 Å². The van der Waals surface area contributed by atoms with Crippen molar-refractivity contribution < 1.29 is 5.11 Å². The van der Waals surface area contributed by atoms with E-state index in [-0.39, 0.29) is 6.61 Å². The first kappa shape index (κ1) is 12.9. The van der Waals surface area contributed by atoms with Gasteiger partial charge in [-0.3, -0.25) is 0 Å². The van der Waals surface area contributed by atoms with Gasteiger partial charge in [0.25, 0.3) is 0 Å². The predicted molar refractivity (Wildman–Crippen MR) is 71.5 cm³/mol. The van der Waals surface area contributed by atoms with Crippen LogP contribution in [0.4, 0.5) is 0 Å². The van der Waals surface area contributed by atoms with E-state index in [0.717, 1.165) is 11.6 Å². The molecular weight excluding hydrogens is 234 g/mol. The molecule has 94 valence electrons. The smallest absolute Gasteiger partial charge is 0.0468 e. The Hall–Kier alpha value is -0.570. The number of hydrogen-bond acceptors (Lipinski definition) is 2. The van der Waals surface area contributed by atoms with E-state index in [2.05, 4.69) is 24.4 Å². The third-order valence-electron chi connectivity index (χ3n) is 3.55. The molecule has 1 aromatic rings. The lowest BCUT2D eigenvalue weighted by Crippen LogP contribution is -2.42. The summed E-state index contributed by atoms with van der Waals surface area (Å²) < 4.78 is 0. The second-order valence-corrected chi connectivity index (χ2v) is 5.55. The number of halogens is 1. The zero-order valence-electron chi connectivity index (χ0n) is 10.2. The molecule has 1 aliphatic carbocycles. The zero-order valence-corrected chi connectivity index (χ0v) is 11.0. The highest BCUT2D eigenvalue weighted by atomic mass is 35.5. The number of rotatable bonds is 5. The van der Waals surface area contributed by atoms with E-state index in [1.165, 1.54) is 18.4 Å². The van der Waals surface area contributed by atoms with Crippen LogP contribution in [0.25, 0.3) is 0 Å². The summed E-state index contributed by atoms with van der Waals surface area (Å²) in [6, 6.07) is 8.79. The standard InChI is InChI=1S/C14H20ClNO/c1-10(9-17)8-16-14-6-12(7-14)11-2-4-13(15)5-3-11/h2-5,10,12,14,16-17H,6-9H2,1H3. The second kappa shape index (κ2) is 5.85. The van der Waals surface area contributed by atoms with Crippen LogP contribution >= 0.6 is 11.6 Å². The van der Waals surface area contributed by atoms with Gasteiger partial charge in [-0.1, -0.05) is 30.7 Å². The molecule has 1 aliphatic rings. The molecule has 0 aliphatic heterocycles. The molecule has 1 saturated carbocycles. The number of aliphatic hydroxyl groups excluding tert-OH is 1. The highest BCUT2D eigenvalue weighted by Crippen LogP contribution is 2.37. The summed E-state index contributed by atoms with van der Waals surface area (Å²) in [7, 11) is 0. The van der Waals surface area contributed by atoms with Crippen molar-refractivity contribution in [2.24, 2.45) is 5.92 Å². The lowest BCUT2D eigenvalue weighted by Gasteiger charge is -2.37. The first-order valence-corrected chi connectivity index (χ1v) is 6.66. The van der Waals surface area contributed by atoms with Crippen LogP contribution < -0.4 is 5.32 Å². The van der Waals surface area contributed by atoms with E-state index < -0.39 is 0 Å². The molecule has 0 radical (unpaired) electrons. The van der Waals surface area contributed by atoms with Gasteiger partial charge in [-0.25, -0.2) is 0 Å². The topological polar surface area (TPSA) is 32.3 Å². The molecular formula is C14H20ClNO. The minimum absolute atomic E-state index is 0.264. The molecule has 3 heteroatoms. The van der Waals surface area contributed by atoms with Crippen LogP contribution in [0.5, 0.6) is 0 Å². The Morgan fingerprint density at radius 1 is 1.35 bits per heavy atom. The minimum Gasteiger partial charge on any atom is -0.396 e. The van der Waals surface area contributed by atoms with Crippen LogP contribution in [-0.2, 0) is 0 Å². The molecule has 1 atom stereocenters. The van der Waals surface area contributed by atoms with Gasteiger partial charge >= 0.3 is 0 Å². The van der Waals surface area contributed by atoms with Crippen LogP contribution in [0, 0.1) is 5.92 Å². The number of hydrogen-bond donors (Lipinski definition) is 2. The number of aliphatic hydroxyl groups is 1. The molecule has 0 spiro atoms. The van der Waals surface area contributed by atoms with E-state index in [1.807, 2.05) is 12.1 Å². The Morgan fingerprint density at radius 2 is 2.00 bits per heavy atom. The first-order valence-electron chi connectivity index (χ1n) is 6.28. The van der Waals surface area contributed by atoms with Crippen molar-refractivity contribution in [1.82, 2.24) is 5.32 Å². The molecule has 2 rings (SSSR count). The normalized spacial score (nSPS) is 25.4. The number of benzene rings is 1. The molecule has 0 saturated heterocycles. The van der Waals surface area contributed by atoms with E-state index in [1.54, 1.807) is 0 Å². The van der Waals surface area contributed by atoms with E-state index in [0.29, 0.717) is 17.9 Å². The van der Waals surface area contributed by atoms with Gasteiger partial charge in [0.15, 0.2) is 0 Å². The van der Waals surface area contributed by atoms with Crippen molar-refractivity contribution in [3.8, 4) is 0 Å². The summed E-state index contributed by atoms with van der Waals surface area (Å²) in [5.41, 5.74) is 1.39. The number of nitrogens with one attached hydrogen (secondary N) is 1. The quantitative estimate of drug-likeness (QED) is 0.846. The summed E-state index contributed by atoms with van der Waals surface area (Å²) in [5.74, 6) is 1.03. The van der Waals surface area contributed by atoms with Crippen LogP contribution in [-0.4, -0.2) is 24.3 Å². The summed E-state index contributed by atoms with van der Waals surface area (Å²) in [6.45, 7) is 3.23. The van der Waals surface area contributed by atoms with Crippen LogP contribution in [0.15, 0.2) is 24.3 Å². The van der Waals surface area contributed by atoms with Crippen molar-refractivity contribution in [2.75, 3.05) is 13.2 Å². The second-order valence-electron chi connectivity index (χ2n) is 5.11. The largest absolute Gasteiger partial charge is 0.396 e. The maximum Gasteiger partial charge on any atom is 0.0468 e. The van der Waals surface area contributed by atoms with Crippen LogP contribution in [0.3, 0.4) is 0 Å². The van der Waals surface area contributed by atoms with Crippen molar-refractivity contribution in [3.63, 3.8) is 0 Å². The molecule has 1 fully saturated rings. The molecule has 1 aromatic carbocycles. The average molecular weight is 254 g/mol. The fourth-order valence-corrected chi connectivity index (χ4v) is 2.35. The molecule has 0 amide bonds. The van der Waals surface area contributed by atoms with Crippen molar-refractivity contribution in [2.45, 2.75) is 31.7 Å². The van der Waals surface area contributed by atoms with Gasteiger partial charge in [-0.15, -0.1) is 0 Å². The van der Waals surface area contributed by atoms with Gasteiger partial charge in [0, 0.05) is 24.2 Å². The summed E-state index contributed by atoms with van der Waals surface area (Å²) >= 11 is 5.87. The summed E-state index contributed by atoms with van der Waals surface area (Å²) in [6.07, 6.45) is 2.39. The SMILES string of the molecule is CC(CO)CNC1CC(c2ccc(Cl)cc2)C1. The molecule has 0 heterocycles. The van der Waals surface area contributed by atoms with Gasteiger partial charge in [0.2, 0.25) is 0 Å². The minimum atomic E-state index is 0.264. The fourth-order valence-electron chi connectivity index (χ4n) is 2.22. The highest BCUT2D eigenvalue weighted by molar-refractivity contribution is 6.30. The molecule has 17 heavy (non-hydrogen) atoms. The Kier molecular flexibility index (Phi) is 4.43. The maximum atomic E-state index is 8.94. The Balaban J connectivity index is 1.73. The van der Waals surface area contributed by atoms with Crippen molar-refractivity contribution in [1.29, 1.82) is 0 Å². The van der Waals surface area contributed by atoms with Gasteiger partial charge in [-0.05, 0) is 42.4 Å². The average Bonchev–Trinajstić information content (AvgIpc) is 2.29. The van der Waals surface area contributed by atoms with Crippen molar-refractivity contribution >= 4 is 11.6 Å². The third kappa shape index (κ3) is 3.44. The molecule has 2 N–H and O–H groups in total. The summed E-state index contributed by atoms with van der Waals surface area (Å²) in [4.78, 5) is 0.